The van der Waals surface area contributed by atoms with Gasteiger partial charge in [-0.25, -0.2) is 0 Å². The van der Waals surface area contributed by atoms with E-state index in [9.17, 15) is 15.0 Å². The van der Waals surface area contributed by atoms with Crippen molar-refractivity contribution in [3.8, 4) is 22.8 Å². The second kappa shape index (κ2) is 6.81. The molecule has 0 radical (unpaired) electrons. The van der Waals surface area contributed by atoms with Gasteiger partial charge in [-0.15, -0.1) is 0 Å². The maximum Gasteiger partial charge on any atom is 0.227 e. The first-order valence-electron chi connectivity index (χ1n) is 8.73. The molecule has 2 aliphatic heterocycles. The van der Waals surface area contributed by atoms with E-state index in [0.29, 0.717) is 37.4 Å². The number of benzene rings is 1. The Bertz CT molecular complexity index is 845. The van der Waals surface area contributed by atoms with Crippen molar-refractivity contribution in [3.05, 3.63) is 28.4 Å². The first kappa shape index (κ1) is 17.2. The molecule has 2 aromatic rings. The van der Waals surface area contributed by atoms with E-state index in [1.165, 1.54) is 12.1 Å². The average molecular weight is 378 g/mol. The van der Waals surface area contributed by atoms with Crippen molar-refractivity contribution in [1.29, 1.82) is 0 Å². The van der Waals surface area contributed by atoms with E-state index in [0.717, 1.165) is 30.6 Å². The van der Waals surface area contributed by atoms with Crippen LogP contribution in [0, 0.1) is 5.92 Å². The van der Waals surface area contributed by atoms with E-state index in [4.69, 9.17) is 16.1 Å². The normalized spacial score (nSPS) is 20.0. The number of hydrogen-bond donors (Lipinski definition) is 3. The third kappa shape index (κ3) is 3.01. The van der Waals surface area contributed by atoms with Gasteiger partial charge in [-0.3, -0.25) is 4.79 Å². The highest BCUT2D eigenvalue weighted by atomic mass is 35.5. The zero-order valence-electron chi connectivity index (χ0n) is 14.2. The molecule has 138 valence electrons. The van der Waals surface area contributed by atoms with Gasteiger partial charge in [0.05, 0.1) is 28.7 Å². The van der Waals surface area contributed by atoms with Crippen LogP contribution in [-0.2, 0) is 17.8 Å². The molecule has 1 fully saturated rings. The highest BCUT2D eigenvalue weighted by molar-refractivity contribution is 6.32. The number of nitrogens with zero attached hydrogens (tertiary/aromatic N) is 2. The van der Waals surface area contributed by atoms with Gasteiger partial charge < -0.3 is 25.0 Å². The fourth-order valence-electron chi connectivity index (χ4n) is 3.67. The van der Waals surface area contributed by atoms with Crippen LogP contribution < -0.4 is 5.32 Å². The van der Waals surface area contributed by atoms with Gasteiger partial charge in [0, 0.05) is 31.1 Å². The monoisotopic (exact) mass is 377 g/mol. The second-order valence-electron chi connectivity index (χ2n) is 6.81. The molecule has 1 saturated heterocycles. The summed E-state index contributed by atoms with van der Waals surface area (Å²) < 4.78 is 5.45. The summed E-state index contributed by atoms with van der Waals surface area (Å²) in [5.74, 6) is 0.181. The molecule has 3 heterocycles. The van der Waals surface area contributed by atoms with Crippen LogP contribution in [0.3, 0.4) is 0 Å². The molecule has 8 heteroatoms. The lowest BCUT2D eigenvalue weighted by Crippen LogP contribution is -2.44. The van der Waals surface area contributed by atoms with Gasteiger partial charge in [-0.05, 0) is 25.5 Å². The zero-order valence-corrected chi connectivity index (χ0v) is 14.9. The quantitative estimate of drug-likeness (QED) is 0.742. The molecular formula is C18H20ClN3O4. The average Bonchev–Trinajstić information content (AvgIpc) is 3.08. The van der Waals surface area contributed by atoms with Crippen molar-refractivity contribution < 1.29 is 19.5 Å². The zero-order chi connectivity index (χ0) is 18.3. The van der Waals surface area contributed by atoms with Crippen LogP contribution in [-0.4, -0.2) is 45.8 Å². The van der Waals surface area contributed by atoms with Crippen molar-refractivity contribution in [2.45, 2.75) is 25.8 Å². The lowest BCUT2D eigenvalue weighted by Gasteiger charge is -2.31. The van der Waals surface area contributed by atoms with Crippen LogP contribution in [0.5, 0.6) is 11.5 Å². The maximum atomic E-state index is 12.8. The smallest absolute Gasteiger partial charge is 0.227 e. The lowest BCUT2D eigenvalue weighted by molar-refractivity contribution is -0.137. The molecule has 4 rings (SSSR count). The maximum absolute atomic E-state index is 12.8. The Morgan fingerprint density at radius 2 is 2.19 bits per heavy atom. The Hall–Kier alpha value is -2.25. The SMILES string of the molecule is O=C(C1CCCNC1)N1CCc2noc(-c3cc(Cl)c(O)cc3O)c2C1. The number of rotatable bonds is 2. The van der Waals surface area contributed by atoms with Crippen molar-refractivity contribution >= 4 is 17.5 Å². The van der Waals surface area contributed by atoms with E-state index in [-0.39, 0.29) is 28.3 Å². The number of halogens is 1. The summed E-state index contributed by atoms with van der Waals surface area (Å²) in [5.41, 5.74) is 1.93. The van der Waals surface area contributed by atoms with Crippen molar-refractivity contribution in [3.63, 3.8) is 0 Å². The summed E-state index contributed by atoms with van der Waals surface area (Å²) >= 11 is 5.97. The topological polar surface area (TPSA) is 98.8 Å². The predicted octanol–water partition coefficient (Wildman–Crippen LogP) is 2.29. The largest absolute Gasteiger partial charge is 0.507 e. The number of carbonyl (C=O) groups excluding carboxylic acids is 1. The van der Waals surface area contributed by atoms with Gasteiger partial charge in [-0.2, -0.15) is 0 Å². The number of carbonyl (C=O) groups is 1. The molecule has 3 N–H and O–H groups in total. The number of aromatic nitrogens is 1. The van der Waals surface area contributed by atoms with Crippen molar-refractivity contribution in [2.75, 3.05) is 19.6 Å². The molecular weight excluding hydrogens is 358 g/mol. The Labute approximate surface area is 155 Å². The molecule has 26 heavy (non-hydrogen) atoms. The highest BCUT2D eigenvalue weighted by Gasteiger charge is 2.32. The predicted molar refractivity (Wildman–Crippen MR) is 95.0 cm³/mol. The van der Waals surface area contributed by atoms with Gasteiger partial charge in [0.15, 0.2) is 5.76 Å². The number of phenolic OH excluding ortho intramolecular Hbond substituents is 2. The Kier molecular flexibility index (Phi) is 4.50. The third-order valence-electron chi connectivity index (χ3n) is 5.10. The van der Waals surface area contributed by atoms with Crippen LogP contribution in [0.1, 0.15) is 24.1 Å². The molecule has 1 aromatic carbocycles. The Morgan fingerprint density at radius 1 is 1.35 bits per heavy atom. The molecule has 0 spiro atoms. The van der Waals surface area contributed by atoms with Gasteiger partial charge in [0.25, 0.3) is 0 Å². The van der Waals surface area contributed by atoms with Crippen molar-refractivity contribution in [1.82, 2.24) is 15.4 Å². The number of amides is 1. The standard InChI is InChI=1S/C18H20ClN3O4/c19-13-6-11(15(23)7-16(13)24)17-12-9-22(5-3-14(12)21-26-17)18(25)10-2-1-4-20-8-10/h6-7,10,20,23-24H,1-5,8-9H2. The van der Waals surface area contributed by atoms with Gasteiger partial charge in [-0.1, -0.05) is 16.8 Å². The van der Waals surface area contributed by atoms with Crippen LogP contribution >= 0.6 is 11.6 Å². The summed E-state index contributed by atoms with van der Waals surface area (Å²) in [4.78, 5) is 14.7. The lowest BCUT2D eigenvalue weighted by atomic mass is 9.95. The summed E-state index contributed by atoms with van der Waals surface area (Å²) in [6.45, 7) is 2.68. The second-order valence-corrected chi connectivity index (χ2v) is 7.22. The van der Waals surface area contributed by atoms with Gasteiger partial charge >= 0.3 is 0 Å². The number of phenols is 2. The fourth-order valence-corrected chi connectivity index (χ4v) is 3.83. The first-order chi connectivity index (χ1) is 12.5. The molecule has 0 bridgehead atoms. The molecule has 2 aliphatic rings. The molecule has 7 nitrogen and oxygen atoms in total. The van der Waals surface area contributed by atoms with E-state index in [1.807, 2.05) is 4.90 Å². The number of hydrogen-bond acceptors (Lipinski definition) is 6. The summed E-state index contributed by atoms with van der Waals surface area (Å²) in [7, 11) is 0. The van der Waals surface area contributed by atoms with Crippen LogP contribution in [0.15, 0.2) is 16.7 Å². The van der Waals surface area contributed by atoms with Gasteiger partial charge in [0.2, 0.25) is 5.91 Å². The summed E-state index contributed by atoms with van der Waals surface area (Å²) in [5, 5.41) is 27.3. The number of fused-ring (bicyclic) bond motifs is 1. The summed E-state index contributed by atoms with van der Waals surface area (Å²) in [6.07, 6.45) is 2.52. The fraction of sp³-hybridized carbons (Fsp3) is 0.444. The Balaban J connectivity index is 1.62. The van der Waals surface area contributed by atoms with Crippen LogP contribution in [0.25, 0.3) is 11.3 Å². The number of nitrogens with one attached hydrogen (secondary N) is 1. The van der Waals surface area contributed by atoms with Gasteiger partial charge in [0.1, 0.15) is 11.5 Å². The van der Waals surface area contributed by atoms with E-state index in [2.05, 4.69) is 10.5 Å². The molecule has 1 aromatic heterocycles. The molecule has 1 unspecified atom stereocenters. The Morgan fingerprint density at radius 3 is 2.96 bits per heavy atom. The minimum Gasteiger partial charge on any atom is -0.507 e. The van der Waals surface area contributed by atoms with Crippen molar-refractivity contribution in [2.24, 2.45) is 5.92 Å². The minimum atomic E-state index is -0.206. The number of aromatic hydroxyl groups is 2. The first-order valence-corrected chi connectivity index (χ1v) is 9.11. The minimum absolute atomic E-state index is 0.00475. The van der Waals surface area contributed by atoms with E-state index in [1.54, 1.807) is 0 Å². The molecule has 0 saturated carbocycles. The summed E-state index contributed by atoms with van der Waals surface area (Å²) in [6, 6.07) is 2.62. The highest BCUT2D eigenvalue weighted by Crippen LogP contribution is 2.40. The molecule has 0 aliphatic carbocycles. The number of piperidine rings is 1. The molecule has 1 atom stereocenters. The van der Waals surface area contributed by atoms with Crippen LogP contribution in [0.4, 0.5) is 0 Å². The third-order valence-corrected chi connectivity index (χ3v) is 5.41. The molecule has 1 amide bonds. The van der Waals surface area contributed by atoms with E-state index >= 15 is 0 Å². The van der Waals surface area contributed by atoms with E-state index < -0.39 is 0 Å². The van der Waals surface area contributed by atoms with Crippen LogP contribution in [0.2, 0.25) is 5.02 Å².